The molecule has 3 aromatic rings. The lowest BCUT2D eigenvalue weighted by Crippen LogP contribution is -2.38. The Labute approximate surface area is 171 Å². The fraction of sp³-hybridized carbons (Fsp3) is 0.300. The van der Waals surface area contributed by atoms with Gasteiger partial charge in [0.1, 0.15) is 0 Å². The molecule has 2 aromatic carbocycles. The van der Waals surface area contributed by atoms with E-state index in [1.807, 2.05) is 12.1 Å². The van der Waals surface area contributed by atoms with Crippen LogP contribution in [0, 0.1) is 0 Å². The van der Waals surface area contributed by atoms with Gasteiger partial charge in [0.25, 0.3) is 0 Å². The summed E-state index contributed by atoms with van der Waals surface area (Å²) in [4.78, 5) is 2.27. The SMILES string of the molecule is Brc1ccccc1CSc1nnc(N2CCOCC2)n1Cc1ccccc1. The number of ether oxygens (including phenoxy) is 1. The fourth-order valence-corrected chi connectivity index (χ4v) is 4.59. The molecule has 1 aliphatic rings. The highest BCUT2D eigenvalue weighted by Gasteiger charge is 2.21. The monoisotopic (exact) mass is 444 g/mol. The molecule has 0 saturated carbocycles. The van der Waals surface area contributed by atoms with Crippen molar-refractivity contribution in [3.05, 3.63) is 70.2 Å². The van der Waals surface area contributed by atoms with Crippen LogP contribution in [0.1, 0.15) is 11.1 Å². The Hall–Kier alpha value is -1.83. The minimum atomic E-state index is 0.734. The Morgan fingerprint density at radius 2 is 1.70 bits per heavy atom. The molecule has 0 radical (unpaired) electrons. The summed E-state index contributed by atoms with van der Waals surface area (Å²) in [5.74, 6) is 1.77. The van der Waals surface area contributed by atoms with Gasteiger partial charge < -0.3 is 9.64 Å². The van der Waals surface area contributed by atoms with E-state index in [0.29, 0.717) is 0 Å². The van der Waals surface area contributed by atoms with E-state index >= 15 is 0 Å². The lowest BCUT2D eigenvalue weighted by atomic mass is 10.2. The Kier molecular flexibility index (Phi) is 6.11. The van der Waals surface area contributed by atoms with Crippen LogP contribution < -0.4 is 4.90 Å². The second-order valence-corrected chi connectivity index (χ2v) is 8.13. The predicted octanol–water partition coefficient (Wildman–Crippen LogP) is 4.22. The lowest BCUT2D eigenvalue weighted by molar-refractivity contribution is 0.121. The zero-order valence-electron chi connectivity index (χ0n) is 14.9. The minimum Gasteiger partial charge on any atom is -0.378 e. The van der Waals surface area contributed by atoms with E-state index in [0.717, 1.165) is 54.2 Å². The van der Waals surface area contributed by atoms with E-state index in [-0.39, 0.29) is 0 Å². The van der Waals surface area contributed by atoms with Gasteiger partial charge in [-0.25, -0.2) is 0 Å². The number of thioether (sulfide) groups is 1. The highest BCUT2D eigenvalue weighted by Crippen LogP contribution is 2.29. The zero-order chi connectivity index (χ0) is 18.5. The maximum Gasteiger partial charge on any atom is 0.228 e. The van der Waals surface area contributed by atoms with Gasteiger partial charge in [0.2, 0.25) is 5.95 Å². The van der Waals surface area contributed by atoms with Crippen molar-refractivity contribution in [1.29, 1.82) is 0 Å². The van der Waals surface area contributed by atoms with E-state index in [2.05, 4.69) is 78.1 Å². The minimum absolute atomic E-state index is 0.734. The molecule has 0 bridgehead atoms. The molecule has 0 spiro atoms. The molecule has 5 nitrogen and oxygen atoms in total. The van der Waals surface area contributed by atoms with Crippen molar-refractivity contribution in [3.63, 3.8) is 0 Å². The Bertz CT molecular complexity index is 881. The van der Waals surface area contributed by atoms with Crippen molar-refractivity contribution in [1.82, 2.24) is 14.8 Å². The van der Waals surface area contributed by atoms with Crippen LogP contribution in [0.15, 0.2) is 64.2 Å². The zero-order valence-corrected chi connectivity index (χ0v) is 17.3. The quantitative estimate of drug-likeness (QED) is 0.532. The molecule has 2 heterocycles. The van der Waals surface area contributed by atoms with Gasteiger partial charge in [-0.05, 0) is 17.2 Å². The molecule has 0 unspecified atom stereocenters. The number of aromatic nitrogens is 3. The van der Waals surface area contributed by atoms with E-state index in [1.165, 1.54) is 11.1 Å². The van der Waals surface area contributed by atoms with Crippen LogP contribution >= 0.6 is 27.7 Å². The van der Waals surface area contributed by atoms with Crippen LogP contribution in [0.25, 0.3) is 0 Å². The van der Waals surface area contributed by atoms with Gasteiger partial charge in [-0.3, -0.25) is 4.57 Å². The number of nitrogens with zero attached hydrogens (tertiary/aromatic N) is 4. The van der Waals surface area contributed by atoms with Gasteiger partial charge in [0.15, 0.2) is 5.16 Å². The van der Waals surface area contributed by atoms with Crippen molar-refractivity contribution in [3.8, 4) is 0 Å². The lowest BCUT2D eigenvalue weighted by Gasteiger charge is -2.28. The van der Waals surface area contributed by atoms with E-state index in [1.54, 1.807) is 11.8 Å². The smallest absolute Gasteiger partial charge is 0.228 e. The Morgan fingerprint density at radius 1 is 0.963 bits per heavy atom. The molecule has 0 amide bonds. The molecule has 1 saturated heterocycles. The average Bonchev–Trinajstić information content (AvgIpc) is 3.11. The Morgan fingerprint density at radius 3 is 2.48 bits per heavy atom. The van der Waals surface area contributed by atoms with Crippen molar-refractivity contribution in [2.75, 3.05) is 31.2 Å². The summed E-state index contributed by atoms with van der Waals surface area (Å²) in [7, 11) is 0. The number of rotatable bonds is 6. The summed E-state index contributed by atoms with van der Waals surface area (Å²) in [6, 6.07) is 18.8. The first-order chi connectivity index (χ1) is 13.3. The maximum absolute atomic E-state index is 5.50. The van der Waals surface area contributed by atoms with Crippen LogP contribution in [0.5, 0.6) is 0 Å². The highest BCUT2D eigenvalue weighted by atomic mass is 79.9. The van der Waals surface area contributed by atoms with Gasteiger partial charge in [-0.15, -0.1) is 10.2 Å². The van der Waals surface area contributed by atoms with Crippen LogP contribution in [0.3, 0.4) is 0 Å². The third-order valence-corrected chi connectivity index (χ3v) is 6.28. The molecule has 0 atom stereocenters. The molecule has 1 aliphatic heterocycles. The summed E-state index contributed by atoms with van der Waals surface area (Å²) in [5, 5.41) is 9.97. The number of anilines is 1. The number of halogens is 1. The topological polar surface area (TPSA) is 43.2 Å². The molecule has 0 aliphatic carbocycles. The Balaban J connectivity index is 1.60. The predicted molar refractivity (Wildman–Crippen MR) is 112 cm³/mol. The number of hydrogen-bond donors (Lipinski definition) is 0. The van der Waals surface area contributed by atoms with Gasteiger partial charge in [0.05, 0.1) is 19.8 Å². The summed E-state index contributed by atoms with van der Waals surface area (Å²) >= 11 is 5.35. The van der Waals surface area contributed by atoms with Crippen LogP contribution in [-0.2, 0) is 17.0 Å². The third-order valence-electron chi connectivity index (χ3n) is 4.49. The van der Waals surface area contributed by atoms with Crippen molar-refractivity contribution < 1.29 is 4.74 Å². The molecule has 1 aromatic heterocycles. The van der Waals surface area contributed by atoms with Crippen molar-refractivity contribution >= 4 is 33.6 Å². The van der Waals surface area contributed by atoms with Gasteiger partial charge in [-0.1, -0.05) is 76.2 Å². The summed E-state index contributed by atoms with van der Waals surface area (Å²) in [6.45, 7) is 3.93. The first kappa shape index (κ1) is 18.5. The summed E-state index contributed by atoms with van der Waals surface area (Å²) in [6.07, 6.45) is 0. The van der Waals surface area contributed by atoms with Crippen LogP contribution in [-0.4, -0.2) is 41.1 Å². The molecule has 140 valence electrons. The van der Waals surface area contributed by atoms with Crippen LogP contribution in [0.2, 0.25) is 0 Å². The molecule has 0 N–H and O–H groups in total. The first-order valence-corrected chi connectivity index (χ1v) is 10.7. The third kappa shape index (κ3) is 4.54. The van der Waals surface area contributed by atoms with E-state index in [9.17, 15) is 0 Å². The molecule has 1 fully saturated rings. The highest BCUT2D eigenvalue weighted by molar-refractivity contribution is 9.10. The molecular weight excluding hydrogens is 424 g/mol. The molecular formula is C20H21BrN4OS. The standard InChI is InChI=1S/C20H21BrN4OS/c21-18-9-5-4-8-17(18)15-27-20-23-22-19(24-10-12-26-13-11-24)25(20)14-16-6-2-1-3-7-16/h1-9H,10-15H2. The largest absolute Gasteiger partial charge is 0.378 e. The van der Waals surface area contributed by atoms with Crippen LogP contribution in [0.4, 0.5) is 5.95 Å². The number of morpholine rings is 1. The summed E-state index contributed by atoms with van der Waals surface area (Å²) < 4.78 is 8.84. The van der Waals surface area contributed by atoms with Gasteiger partial charge in [-0.2, -0.15) is 0 Å². The van der Waals surface area contributed by atoms with E-state index < -0.39 is 0 Å². The normalized spacial score (nSPS) is 14.5. The second kappa shape index (κ2) is 8.91. The number of benzene rings is 2. The second-order valence-electron chi connectivity index (χ2n) is 6.33. The molecule has 4 rings (SSSR count). The van der Waals surface area contributed by atoms with Gasteiger partial charge in [0, 0.05) is 23.3 Å². The van der Waals surface area contributed by atoms with Gasteiger partial charge >= 0.3 is 0 Å². The average molecular weight is 445 g/mol. The summed E-state index contributed by atoms with van der Waals surface area (Å²) in [5.41, 5.74) is 2.50. The molecule has 27 heavy (non-hydrogen) atoms. The van der Waals surface area contributed by atoms with Crippen molar-refractivity contribution in [2.24, 2.45) is 0 Å². The van der Waals surface area contributed by atoms with E-state index in [4.69, 9.17) is 4.74 Å². The fourth-order valence-electron chi connectivity index (χ4n) is 3.05. The maximum atomic E-state index is 5.50. The molecule has 7 heteroatoms. The first-order valence-electron chi connectivity index (χ1n) is 8.97. The van der Waals surface area contributed by atoms with Crippen molar-refractivity contribution in [2.45, 2.75) is 17.5 Å². The number of hydrogen-bond acceptors (Lipinski definition) is 5.